The van der Waals surface area contributed by atoms with Gasteiger partial charge in [0.05, 0.1) is 6.54 Å². The Morgan fingerprint density at radius 2 is 2.18 bits per heavy atom. The number of hydrogen-bond donors (Lipinski definition) is 0. The van der Waals surface area contributed by atoms with E-state index in [1.165, 1.54) is 12.1 Å². The molecule has 0 heterocycles. The Morgan fingerprint density at radius 3 is 2.76 bits per heavy atom. The number of ether oxygens (including phenoxy) is 1. The lowest BCUT2D eigenvalue weighted by molar-refractivity contribution is -0.274. The first kappa shape index (κ1) is 12.9. The van der Waals surface area contributed by atoms with E-state index in [4.69, 9.17) is 5.53 Å². The van der Waals surface area contributed by atoms with E-state index in [1.807, 2.05) is 0 Å². The Bertz CT molecular complexity index is 467. The summed E-state index contributed by atoms with van der Waals surface area (Å²) in [6.07, 6.45) is -4.81. The molecule has 1 rings (SSSR count). The maximum absolute atomic E-state index is 11.9. The largest absolute Gasteiger partial charge is 0.573 e. The third-order valence-corrected chi connectivity index (χ3v) is 1.67. The summed E-state index contributed by atoms with van der Waals surface area (Å²) in [6, 6.07) is 4.55. The lowest BCUT2D eigenvalue weighted by Crippen LogP contribution is -2.17. The molecule has 0 fully saturated rings. The van der Waals surface area contributed by atoms with Crippen molar-refractivity contribution in [1.82, 2.24) is 0 Å². The molecule has 0 radical (unpaired) electrons. The van der Waals surface area contributed by atoms with E-state index >= 15 is 0 Å². The summed E-state index contributed by atoms with van der Waals surface area (Å²) in [5, 5.41) is 3.02. The average molecular weight is 245 g/mol. The topological polar surface area (TPSA) is 75.1 Å². The number of rotatable bonds is 4. The molecule has 17 heavy (non-hydrogen) atoms. The fraction of sp³-hybridized carbons (Fsp3) is 0.222. The number of halogens is 3. The van der Waals surface area contributed by atoms with Crippen LogP contribution in [0.5, 0.6) is 5.75 Å². The van der Waals surface area contributed by atoms with Crippen molar-refractivity contribution in [3.05, 3.63) is 40.3 Å². The molecule has 90 valence electrons. The Kier molecular flexibility index (Phi) is 3.95. The minimum atomic E-state index is -4.81. The van der Waals surface area contributed by atoms with E-state index in [-0.39, 0.29) is 5.56 Å². The van der Waals surface area contributed by atoms with Crippen LogP contribution in [0.4, 0.5) is 13.2 Å². The van der Waals surface area contributed by atoms with Crippen LogP contribution >= 0.6 is 0 Å². The van der Waals surface area contributed by atoms with Gasteiger partial charge in [-0.1, -0.05) is 17.2 Å². The van der Waals surface area contributed by atoms with Gasteiger partial charge in [0.2, 0.25) is 0 Å². The molecule has 0 saturated heterocycles. The van der Waals surface area contributed by atoms with Crippen LogP contribution < -0.4 is 4.74 Å². The first-order valence-corrected chi connectivity index (χ1v) is 4.32. The van der Waals surface area contributed by atoms with E-state index in [1.54, 1.807) is 0 Å². The summed E-state index contributed by atoms with van der Waals surface area (Å²) in [5.41, 5.74) is 7.99. The highest BCUT2D eigenvalue weighted by Gasteiger charge is 2.31. The van der Waals surface area contributed by atoms with Crippen LogP contribution in [0.3, 0.4) is 0 Å². The number of azide groups is 1. The zero-order valence-corrected chi connectivity index (χ0v) is 8.31. The van der Waals surface area contributed by atoms with Gasteiger partial charge in [-0.25, -0.2) is 0 Å². The van der Waals surface area contributed by atoms with Crippen LogP contribution in [0.15, 0.2) is 29.4 Å². The number of carbonyl (C=O) groups excluding carboxylic acids is 1. The quantitative estimate of drug-likeness (QED) is 0.353. The second-order valence-corrected chi connectivity index (χ2v) is 2.89. The Labute approximate surface area is 93.4 Å². The van der Waals surface area contributed by atoms with Gasteiger partial charge in [-0.3, -0.25) is 4.79 Å². The van der Waals surface area contributed by atoms with Crippen LogP contribution in [0, 0.1) is 0 Å². The molecular weight excluding hydrogens is 239 g/mol. The number of hydrogen-bond acceptors (Lipinski definition) is 3. The molecule has 0 aliphatic rings. The van der Waals surface area contributed by atoms with Crippen molar-refractivity contribution in [3.8, 4) is 5.75 Å². The normalized spacial score (nSPS) is 10.5. The van der Waals surface area contributed by atoms with Gasteiger partial charge in [-0.05, 0) is 17.7 Å². The molecule has 1 aromatic carbocycles. The Hall–Kier alpha value is -2.21. The number of alkyl halides is 3. The highest BCUT2D eigenvalue weighted by Crippen LogP contribution is 2.23. The second kappa shape index (κ2) is 5.22. The van der Waals surface area contributed by atoms with Gasteiger partial charge in [0.1, 0.15) is 5.75 Å². The van der Waals surface area contributed by atoms with Gasteiger partial charge in [-0.15, -0.1) is 13.2 Å². The first-order valence-electron chi connectivity index (χ1n) is 4.32. The lowest BCUT2D eigenvalue weighted by atomic mass is 10.1. The summed E-state index contributed by atoms with van der Waals surface area (Å²) >= 11 is 0. The van der Waals surface area contributed by atoms with Crippen molar-refractivity contribution < 1.29 is 22.7 Å². The van der Waals surface area contributed by atoms with Gasteiger partial charge in [0.25, 0.3) is 0 Å². The van der Waals surface area contributed by atoms with Crippen LogP contribution in [0.2, 0.25) is 0 Å². The van der Waals surface area contributed by atoms with E-state index in [9.17, 15) is 18.0 Å². The molecule has 0 amide bonds. The van der Waals surface area contributed by atoms with Crippen LogP contribution in [-0.4, -0.2) is 18.7 Å². The number of nitrogens with zero attached hydrogens (tertiary/aromatic N) is 3. The highest BCUT2D eigenvalue weighted by molar-refractivity contribution is 5.98. The van der Waals surface area contributed by atoms with Crippen molar-refractivity contribution in [2.24, 2.45) is 5.11 Å². The minimum absolute atomic E-state index is 0.0147. The smallest absolute Gasteiger partial charge is 0.406 e. The van der Waals surface area contributed by atoms with Gasteiger partial charge >= 0.3 is 6.36 Å². The predicted molar refractivity (Wildman–Crippen MR) is 51.5 cm³/mol. The maximum Gasteiger partial charge on any atom is 0.573 e. The number of Topliss-reactive ketones (excluding diaryl/α,β-unsaturated/α-hetero) is 1. The molecule has 0 N–H and O–H groups in total. The van der Waals surface area contributed by atoms with E-state index in [2.05, 4.69) is 14.8 Å². The molecule has 0 aliphatic carbocycles. The van der Waals surface area contributed by atoms with Crippen molar-refractivity contribution in [3.63, 3.8) is 0 Å². The maximum atomic E-state index is 11.9. The molecule has 0 atom stereocenters. The Morgan fingerprint density at radius 1 is 1.47 bits per heavy atom. The van der Waals surface area contributed by atoms with E-state index in [0.29, 0.717) is 0 Å². The number of ketones is 1. The monoisotopic (exact) mass is 245 g/mol. The van der Waals surface area contributed by atoms with Gasteiger partial charge in [0.15, 0.2) is 5.78 Å². The second-order valence-electron chi connectivity index (χ2n) is 2.89. The van der Waals surface area contributed by atoms with Crippen molar-refractivity contribution in [2.45, 2.75) is 6.36 Å². The van der Waals surface area contributed by atoms with Crippen molar-refractivity contribution >= 4 is 5.78 Å². The Balaban J connectivity index is 2.85. The SMILES string of the molecule is [N-]=[N+]=NCC(=O)c1cccc(OC(F)(F)F)c1. The molecule has 1 aromatic rings. The predicted octanol–water partition coefficient (Wildman–Crippen LogP) is 3.08. The fourth-order valence-corrected chi connectivity index (χ4v) is 1.05. The van der Waals surface area contributed by atoms with Crippen LogP contribution in [-0.2, 0) is 0 Å². The number of carbonyl (C=O) groups is 1. The highest BCUT2D eigenvalue weighted by atomic mass is 19.4. The third kappa shape index (κ3) is 4.43. The summed E-state index contributed by atoms with van der Waals surface area (Å²) in [6.45, 7) is -0.452. The molecule has 0 spiro atoms. The summed E-state index contributed by atoms with van der Waals surface area (Å²) < 4.78 is 39.4. The molecule has 0 aromatic heterocycles. The summed E-state index contributed by atoms with van der Waals surface area (Å²) in [4.78, 5) is 13.7. The van der Waals surface area contributed by atoms with Gasteiger partial charge in [0, 0.05) is 10.5 Å². The fourth-order valence-electron chi connectivity index (χ4n) is 1.05. The number of benzene rings is 1. The zero-order valence-electron chi connectivity index (χ0n) is 8.31. The van der Waals surface area contributed by atoms with Crippen LogP contribution in [0.1, 0.15) is 10.4 Å². The van der Waals surface area contributed by atoms with Crippen molar-refractivity contribution in [2.75, 3.05) is 6.54 Å². The van der Waals surface area contributed by atoms with E-state index in [0.717, 1.165) is 12.1 Å². The van der Waals surface area contributed by atoms with Gasteiger partial charge in [-0.2, -0.15) is 0 Å². The zero-order chi connectivity index (χ0) is 12.9. The molecule has 0 bridgehead atoms. The van der Waals surface area contributed by atoms with Gasteiger partial charge < -0.3 is 4.74 Å². The third-order valence-electron chi connectivity index (χ3n) is 1.67. The lowest BCUT2D eigenvalue weighted by Gasteiger charge is -2.09. The molecule has 0 aliphatic heterocycles. The van der Waals surface area contributed by atoms with Crippen LogP contribution in [0.25, 0.3) is 10.4 Å². The molecule has 0 saturated carbocycles. The first-order chi connectivity index (χ1) is 7.92. The standard InChI is InChI=1S/C9H6F3N3O2/c10-9(11,12)17-7-3-1-2-6(4-7)8(16)5-14-15-13/h1-4H,5H2. The molecule has 5 nitrogen and oxygen atoms in total. The summed E-state index contributed by atoms with van der Waals surface area (Å²) in [5.74, 6) is -1.08. The van der Waals surface area contributed by atoms with E-state index < -0.39 is 24.4 Å². The average Bonchev–Trinajstić information content (AvgIpc) is 2.24. The molecular formula is C9H6F3N3O2. The molecule has 8 heteroatoms. The molecule has 0 unspecified atom stereocenters. The van der Waals surface area contributed by atoms with Crippen molar-refractivity contribution in [1.29, 1.82) is 0 Å². The summed E-state index contributed by atoms with van der Waals surface area (Å²) in [7, 11) is 0. The minimum Gasteiger partial charge on any atom is -0.406 e.